The summed E-state index contributed by atoms with van der Waals surface area (Å²) in [6.45, 7) is 0. The van der Waals surface area contributed by atoms with Crippen LogP contribution < -0.4 is 5.73 Å². The lowest BCUT2D eigenvalue weighted by Gasteiger charge is -2.36. The molecule has 0 unspecified atom stereocenters. The monoisotopic (exact) mass is 207 g/mol. The second-order valence-electron chi connectivity index (χ2n) is 3.19. The summed E-state index contributed by atoms with van der Waals surface area (Å²) in [5.74, 6) is -0.364. The third kappa shape index (κ3) is 2.38. The van der Waals surface area contributed by atoms with Crippen molar-refractivity contribution in [2.24, 2.45) is 5.73 Å². The molecule has 0 aromatic rings. The molecule has 1 aliphatic rings. The summed E-state index contributed by atoms with van der Waals surface area (Å²) in [6.07, 6.45) is 0.0148. The summed E-state index contributed by atoms with van der Waals surface area (Å²) in [4.78, 5) is 27.5. The average molecular weight is 207 g/mol. The molecule has 13 heavy (non-hydrogen) atoms. The maximum Gasteiger partial charge on any atom is 0.349 e. The van der Waals surface area contributed by atoms with Gasteiger partial charge in [-0.25, -0.2) is 0 Å². The fourth-order valence-electron chi connectivity index (χ4n) is 1.24. The van der Waals surface area contributed by atoms with E-state index in [-0.39, 0.29) is 12.8 Å². The van der Waals surface area contributed by atoms with Crippen LogP contribution in [0.3, 0.4) is 0 Å². The van der Waals surface area contributed by atoms with Gasteiger partial charge in [-0.1, -0.05) is 5.57 Å². The molecule has 7 heteroatoms. The fraction of sp³-hybridized carbons (Fsp3) is 0.500. The predicted molar refractivity (Wildman–Crippen MR) is 43.9 cm³/mol. The van der Waals surface area contributed by atoms with Gasteiger partial charge in [-0.3, -0.25) is 9.36 Å². The molecule has 1 rings (SSSR count). The maximum absolute atomic E-state index is 10.5. The summed E-state index contributed by atoms with van der Waals surface area (Å²) < 4.78 is 10.4. The third-order valence-corrected chi connectivity index (χ3v) is 2.56. The van der Waals surface area contributed by atoms with E-state index < -0.39 is 19.1 Å². The van der Waals surface area contributed by atoms with E-state index in [0.29, 0.717) is 5.57 Å². The Labute approximate surface area is 74.2 Å². The van der Waals surface area contributed by atoms with E-state index in [1.165, 1.54) is 0 Å². The number of nitrogens with two attached hydrogens (primary N) is 1. The molecule has 1 aliphatic carbocycles. The van der Waals surface area contributed by atoms with Gasteiger partial charge in [0.05, 0.1) is 0 Å². The summed E-state index contributed by atoms with van der Waals surface area (Å²) in [6, 6.07) is 0. The second-order valence-corrected chi connectivity index (χ2v) is 4.63. The molecule has 1 saturated carbocycles. The zero-order valence-electron chi connectivity index (χ0n) is 6.67. The van der Waals surface area contributed by atoms with Crippen molar-refractivity contribution in [3.8, 4) is 0 Å². The first-order valence-corrected chi connectivity index (χ1v) is 5.19. The van der Waals surface area contributed by atoms with Crippen LogP contribution in [0.15, 0.2) is 11.4 Å². The van der Waals surface area contributed by atoms with E-state index in [1.807, 2.05) is 0 Å². The lowest BCUT2D eigenvalue weighted by molar-refractivity contribution is -0.144. The molecule has 5 N–H and O–H groups in total. The van der Waals surface area contributed by atoms with Crippen molar-refractivity contribution in [3.63, 3.8) is 0 Å². The Kier molecular flexibility index (Phi) is 2.34. The van der Waals surface area contributed by atoms with Crippen molar-refractivity contribution in [2.45, 2.75) is 18.4 Å². The highest BCUT2D eigenvalue weighted by Gasteiger charge is 2.44. The Morgan fingerprint density at radius 2 is 2.00 bits per heavy atom. The maximum atomic E-state index is 10.5. The van der Waals surface area contributed by atoms with Crippen LogP contribution >= 0.6 is 7.60 Å². The minimum absolute atomic E-state index is 0.00738. The van der Waals surface area contributed by atoms with Crippen LogP contribution in [0, 0.1) is 0 Å². The SMILES string of the molecule is NC1(C(=O)O)CC(=CP(=O)(O)O)C1. The minimum Gasteiger partial charge on any atom is -0.480 e. The first kappa shape index (κ1) is 10.4. The van der Waals surface area contributed by atoms with Crippen LogP contribution in [0.2, 0.25) is 0 Å². The molecule has 0 atom stereocenters. The lowest BCUT2D eigenvalue weighted by Crippen LogP contribution is -2.54. The van der Waals surface area contributed by atoms with Gasteiger partial charge in [0.25, 0.3) is 0 Å². The van der Waals surface area contributed by atoms with E-state index in [4.69, 9.17) is 20.6 Å². The highest BCUT2D eigenvalue weighted by molar-refractivity contribution is 7.55. The molecule has 0 aromatic carbocycles. The Balaban J connectivity index is 2.65. The van der Waals surface area contributed by atoms with Crippen molar-refractivity contribution in [1.29, 1.82) is 0 Å². The second kappa shape index (κ2) is 2.92. The smallest absolute Gasteiger partial charge is 0.349 e. The normalized spacial score (nSPS) is 28.1. The van der Waals surface area contributed by atoms with E-state index in [2.05, 4.69) is 0 Å². The van der Waals surface area contributed by atoms with Gasteiger partial charge >= 0.3 is 13.6 Å². The molecule has 0 amide bonds. The van der Waals surface area contributed by atoms with Crippen molar-refractivity contribution in [1.82, 2.24) is 0 Å². The quantitative estimate of drug-likeness (QED) is 0.458. The van der Waals surface area contributed by atoms with Gasteiger partial charge in [0.15, 0.2) is 0 Å². The van der Waals surface area contributed by atoms with Gasteiger partial charge in [-0.05, 0) is 12.8 Å². The summed E-state index contributed by atoms with van der Waals surface area (Å²) in [5.41, 5.74) is 4.43. The minimum atomic E-state index is -4.18. The Morgan fingerprint density at radius 3 is 2.31 bits per heavy atom. The van der Waals surface area contributed by atoms with Gasteiger partial charge in [0.1, 0.15) is 5.54 Å². The van der Waals surface area contributed by atoms with Crippen LogP contribution in [-0.2, 0) is 9.36 Å². The van der Waals surface area contributed by atoms with Crippen molar-refractivity contribution >= 4 is 13.6 Å². The Hall–Kier alpha value is -0.680. The first-order chi connectivity index (χ1) is 5.73. The zero-order valence-corrected chi connectivity index (χ0v) is 7.57. The van der Waals surface area contributed by atoms with Crippen LogP contribution in [-0.4, -0.2) is 26.4 Å². The van der Waals surface area contributed by atoms with E-state index in [0.717, 1.165) is 5.82 Å². The Morgan fingerprint density at radius 1 is 1.54 bits per heavy atom. The van der Waals surface area contributed by atoms with E-state index in [9.17, 15) is 9.36 Å². The molecule has 0 bridgehead atoms. The molecule has 0 radical (unpaired) electrons. The van der Waals surface area contributed by atoms with Crippen molar-refractivity contribution in [3.05, 3.63) is 11.4 Å². The fourth-order valence-corrected chi connectivity index (χ4v) is 1.90. The molecule has 0 spiro atoms. The molecule has 1 fully saturated rings. The Bertz CT molecular complexity index is 309. The number of carboxylic acid groups (broad SMARTS) is 1. The summed E-state index contributed by atoms with van der Waals surface area (Å²) >= 11 is 0. The molecule has 0 aliphatic heterocycles. The van der Waals surface area contributed by atoms with Crippen LogP contribution in [0.4, 0.5) is 0 Å². The van der Waals surface area contributed by atoms with E-state index >= 15 is 0 Å². The van der Waals surface area contributed by atoms with Gasteiger partial charge in [-0.2, -0.15) is 0 Å². The molecule has 0 aromatic heterocycles. The van der Waals surface area contributed by atoms with E-state index in [1.54, 1.807) is 0 Å². The molecule has 6 nitrogen and oxygen atoms in total. The number of aliphatic carboxylic acids is 1. The largest absolute Gasteiger partial charge is 0.480 e. The number of hydrogen-bond acceptors (Lipinski definition) is 3. The predicted octanol–water partition coefficient (Wildman–Crippen LogP) is -0.376. The van der Waals surface area contributed by atoms with Gasteiger partial charge in [0.2, 0.25) is 0 Å². The number of rotatable bonds is 2. The van der Waals surface area contributed by atoms with Crippen molar-refractivity contribution in [2.75, 3.05) is 0 Å². The first-order valence-electron chi connectivity index (χ1n) is 3.51. The van der Waals surface area contributed by atoms with Gasteiger partial charge in [0, 0.05) is 5.82 Å². The molecular formula is C6H10NO5P. The molecule has 0 saturated heterocycles. The van der Waals surface area contributed by atoms with Crippen LogP contribution in [0.5, 0.6) is 0 Å². The highest BCUT2D eigenvalue weighted by Crippen LogP contribution is 2.45. The van der Waals surface area contributed by atoms with Crippen LogP contribution in [0.25, 0.3) is 0 Å². The molecule has 0 heterocycles. The topological polar surface area (TPSA) is 121 Å². The standard InChI is InChI=1S/C6H10NO5P/c7-6(5(8)9)1-4(2-6)3-13(10,11)12/h3H,1-2,7H2,(H,8,9)(H2,10,11,12). The van der Waals surface area contributed by atoms with Crippen molar-refractivity contribution < 1.29 is 24.3 Å². The molecule has 74 valence electrons. The third-order valence-electron chi connectivity index (χ3n) is 1.86. The van der Waals surface area contributed by atoms with Gasteiger partial charge < -0.3 is 20.6 Å². The lowest BCUT2D eigenvalue weighted by atomic mass is 9.74. The summed E-state index contributed by atoms with van der Waals surface area (Å²) in [5, 5.41) is 8.56. The molecular weight excluding hydrogens is 197 g/mol. The highest BCUT2D eigenvalue weighted by atomic mass is 31.2. The average Bonchev–Trinajstić information content (AvgIpc) is 1.79. The number of carboxylic acids is 1. The zero-order chi connectivity index (χ0) is 10.3. The summed E-state index contributed by atoms with van der Waals surface area (Å²) in [7, 11) is -4.18. The number of carbonyl (C=O) groups is 1. The van der Waals surface area contributed by atoms with Crippen LogP contribution in [0.1, 0.15) is 12.8 Å². The van der Waals surface area contributed by atoms with Gasteiger partial charge in [-0.15, -0.1) is 0 Å². The number of hydrogen-bond donors (Lipinski definition) is 4.